The number of benzene rings is 6. The number of nitrogens with two attached hydrogens (primary N) is 1. The minimum absolute atomic E-state index is 0. The van der Waals surface area contributed by atoms with Crippen LogP contribution in [0.5, 0.6) is 23.0 Å². The van der Waals surface area contributed by atoms with Crippen molar-refractivity contribution in [3.8, 4) is 56.9 Å². The molecule has 0 spiro atoms. The topological polar surface area (TPSA) is 160 Å². The van der Waals surface area contributed by atoms with Crippen molar-refractivity contribution in [1.82, 2.24) is 9.97 Å². The van der Waals surface area contributed by atoms with Gasteiger partial charge in [0.15, 0.2) is 34.6 Å². The maximum absolute atomic E-state index is 12.0. The second-order valence-corrected chi connectivity index (χ2v) is 14.3. The Morgan fingerprint density at radius 1 is 0.571 bits per heavy atom. The first-order valence-electron chi connectivity index (χ1n) is 18.1. The smallest absolute Gasteiger partial charge is 0.870 e. The van der Waals surface area contributed by atoms with E-state index in [4.69, 9.17) is 40.1 Å². The summed E-state index contributed by atoms with van der Waals surface area (Å²) in [5.41, 5.74) is 12.1. The van der Waals surface area contributed by atoms with E-state index in [0.29, 0.717) is 34.4 Å². The van der Waals surface area contributed by atoms with Gasteiger partial charge in [-0.1, -0.05) is 124 Å². The van der Waals surface area contributed by atoms with Crippen molar-refractivity contribution in [3.63, 3.8) is 0 Å². The average Bonchev–Trinajstić information content (AvgIpc) is 3.29. The van der Waals surface area contributed by atoms with E-state index in [1.54, 1.807) is 52.7 Å². The van der Waals surface area contributed by atoms with Crippen LogP contribution in [0.25, 0.3) is 40.0 Å². The molecular formula is C49H48Br2ClKN4O6. The summed E-state index contributed by atoms with van der Waals surface area (Å²) in [7, 11) is 6.42. The number of amidine groups is 1. The fourth-order valence-corrected chi connectivity index (χ4v) is 6.06. The summed E-state index contributed by atoms with van der Waals surface area (Å²) < 4.78 is 23.2. The second-order valence-electron chi connectivity index (χ2n) is 12.5. The minimum atomic E-state index is -0.0442. The van der Waals surface area contributed by atoms with Gasteiger partial charge in [-0.3, -0.25) is 10.2 Å². The van der Waals surface area contributed by atoms with E-state index in [0.717, 1.165) is 48.2 Å². The van der Waals surface area contributed by atoms with Crippen LogP contribution in [-0.2, 0) is 0 Å². The Labute approximate surface area is 435 Å². The maximum atomic E-state index is 12.0. The molecule has 0 fully saturated rings. The van der Waals surface area contributed by atoms with Crippen molar-refractivity contribution in [1.29, 1.82) is 5.41 Å². The predicted molar refractivity (Wildman–Crippen MR) is 260 cm³/mol. The quantitative estimate of drug-likeness (QED) is 0.0423. The molecule has 7 aromatic rings. The first kappa shape index (κ1) is 56.3. The third-order valence-corrected chi connectivity index (χ3v) is 9.68. The number of allylic oxidation sites excluding steroid dienone is 1. The van der Waals surface area contributed by atoms with Crippen LogP contribution < -0.4 is 76.1 Å². The summed E-state index contributed by atoms with van der Waals surface area (Å²) in [6.07, 6.45) is 3.30. The van der Waals surface area contributed by atoms with Gasteiger partial charge >= 0.3 is 51.4 Å². The zero-order valence-corrected chi connectivity index (χ0v) is 41.8. The molecule has 0 radical (unpaired) electrons. The Bertz CT molecular complexity index is 2520. The molecule has 4 N–H and O–H groups in total. The van der Waals surface area contributed by atoms with Crippen LogP contribution in [0.3, 0.4) is 0 Å². The molecule has 1 heterocycles. The van der Waals surface area contributed by atoms with E-state index >= 15 is 0 Å². The van der Waals surface area contributed by atoms with E-state index in [1.165, 1.54) is 0 Å². The van der Waals surface area contributed by atoms with Crippen molar-refractivity contribution in [2.45, 2.75) is 7.43 Å². The third-order valence-electron chi connectivity index (χ3n) is 8.63. The number of hydrogen-bond acceptors (Lipinski definition) is 9. The summed E-state index contributed by atoms with van der Waals surface area (Å²) >= 11 is 6.84. The molecule has 322 valence electrons. The predicted octanol–water partition coefficient (Wildman–Crippen LogP) is 9.48. The molecule has 63 heavy (non-hydrogen) atoms. The first-order chi connectivity index (χ1) is 28.6. The van der Waals surface area contributed by atoms with Gasteiger partial charge in [0, 0.05) is 36.8 Å². The minimum Gasteiger partial charge on any atom is -0.870 e. The molecule has 1 aromatic heterocycles. The Morgan fingerprint density at radius 3 is 1.54 bits per heavy atom. The van der Waals surface area contributed by atoms with E-state index in [9.17, 15) is 4.79 Å². The van der Waals surface area contributed by atoms with Crippen molar-refractivity contribution in [2.24, 2.45) is 5.73 Å². The fraction of sp³-hybridized carbons (Fsp3) is 0.102. The number of hydrogen-bond donors (Lipinski definition) is 2. The number of nitrogens with zero attached hydrogens (tertiary/aromatic N) is 2. The molecule has 0 amide bonds. The van der Waals surface area contributed by atoms with Crippen molar-refractivity contribution in [3.05, 3.63) is 183 Å². The number of ether oxygens (including phenoxy) is 4. The zero-order valence-electron chi connectivity index (χ0n) is 34.7. The molecule has 0 aliphatic rings. The van der Waals surface area contributed by atoms with Crippen LogP contribution in [0.2, 0.25) is 0 Å². The summed E-state index contributed by atoms with van der Waals surface area (Å²) in [4.78, 5) is 21.7. The van der Waals surface area contributed by atoms with Crippen molar-refractivity contribution < 1.29 is 80.6 Å². The molecule has 10 nitrogen and oxygen atoms in total. The second kappa shape index (κ2) is 28.9. The molecule has 6 aromatic carbocycles. The Balaban J connectivity index is 0.000000514. The van der Waals surface area contributed by atoms with Gasteiger partial charge < -0.3 is 30.2 Å². The molecule has 0 saturated heterocycles. The first-order valence-corrected chi connectivity index (χ1v) is 19.7. The molecule has 0 saturated carbocycles. The Hall–Kier alpha value is -4.67. The molecular weight excluding hydrogens is 975 g/mol. The normalized spacial score (nSPS) is 9.68. The summed E-state index contributed by atoms with van der Waals surface area (Å²) in [5, 5.41) is 7.01. The molecule has 0 aliphatic carbocycles. The molecule has 0 unspecified atom stereocenters. The van der Waals surface area contributed by atoms with Gasteiger partial charge in [0.25, 0.3) is 0 Å². The van der Waals surface area contributed by atoms with Crippen LogP contribution >= 0.6 is 44.3 Å². The molecule has 0 atom stereocenters. The number of halogens is 3. The molecule has 0 bridgehead atoms. The van der Waals surface area contributed by atoms with Gasteiger partial charge in [-0.15, -0.1) is 12.4 Å². The van der Waals surface area contributed by atoms with Gasteiger partial charge in [-0.25, -0.2) is 9.97 Å². The maximum Gasteiger partial charge on any atom is 1.00 e. The van der Waals surface area contributed by atoms with Gasteiger partial charge in [0.05, 0.1) is 39.8 Å². The zero-order chi connectivity index (χ0) is 42.1. The SMILES string of the molecule is C.COc1ccc(-c2cc(-c3ccc(Br)cc3)nc(-c3ccccc3)n2)cc1OC.COc1ccc(/C=C/C(=O)c2ccc(Br)cc2)cc1OC.Cl.N=C(N)c1ccccc1.[K+].[OH-]. The van der Waals surface area contributed by atoms with Crippen LogP contribution in [0.1, 0.15) is 28.9 Å². The molecule has 7 rings (SSSR count). The number of carbonyl (C=O) groups is 1. The Kier molecular flexibility index (Phi) is 25.8. The summed E-state index contributed by atoms with van der Waals surface area (Å²) in [5.74, 6) is 3.39. The number of rotatable bonds is 11. The number of carbonyl (C=O) groups excluding carboxylic acids is 1. The largest absolute Gasteiger partial charge is 1.00 e. The average molecular weight is 1020 g/mol. The van der Waals surface area contributed by atoms with E-state index < -0.39 is 0 Å². The van der Waals surface area contributed by atoms with Gasteiger partial charge in [-0.05, 0) is 84.4 Å². The standard InChI is InChI=1S/C24H19BrN2O2.C17H15BrO3.C7H8N2.CH4.ClH.K.H2O/c1-28-22-13-10-18(14-23(22)29-2)21-15-20(16-8-11-19(25)12-9-16)26-24(27-21)17-6-4-3-5-7-17;1-20-16-10-4-12(11-17(16)21-2)3-9-15(19)13-5-7-14(18)8-6-13;8-7(9)6-4-2-1-3-5-6;;;;/h3-15H,1-2H3;3-11H,1-2H3;1-5H,(H3,8,9);1H4;1H;;1H2/q;;;;;+1;/p-1/b;9-3+;;;;;. The van der Waals surface area contributed by atoms with Gasteiger partial charge in [-0.2, -0.15) is 0 Å². The number of aromatic nitrogens is 2. The van der Waals surface area contributed by atoms with Crippen LogP contribution in [0.4, 0.5) is 0 Å². The summed E-state index contributed by atoms with van der Waals surface area (Å²) in [6, 6.07) is 47.9. The van der Waals surface area contributed by atoms with E-state index in [-0.39, 0.29) is 88.3 Å². The number of nitrogen functional groups attached to an aromatic ring is 1. The van der Waals surface area contributed by atoms with E-state index in [2.05, 4.69) is 31.9 Å². The molecule has 0 aliphatic heterocycles. The third kappa shape index (κ3) is 16.8. The monoisotopic (exact) mass is 1020 g/mol. The molecule has 14 heteroatoms. The number of methoxy groups -OCH3 is 4. The van der Waals surface area contributed by atoms with Crippen LogP contribution in [-0.4, -0.2) is 55.5 Å². The van der Waals surface area contributed by atoms with Gasteiger partial charge in [0.1, 0.15) is 5.84 Å². The van der Waals surface area contributed by atoms with Crippen LogP contribution in [0, 0.1) is 5.41 Å². The fourth-order valence-electron chi connectivity index (χ4n) is 5.53. The number of ketones is 1. The Morgan fingerprint density at radius 2 is 1.03 bits per heavy atom. The van der Waals surface area contributed by atoms with Crippen LogP contribution in [0.15, 0.2) is 167 Å². The number of nitrogens with one attached hydrogen (secondary N) is 1. The van der Waals surface area contributed by atoms with E-state index in [1.807, 2.05) is 140 Å². The van der Waals surface area contributed by atoms with Crippen molar-refractivity contribution in [2.75, 3.05) is 28.4 Å². The summed E-state index contributed by atoms with van der Waals surface area (Å²) in [6.45, 7) is 0. The van der Waals surface area contributed by atoms with Crippen molar-refractivity contribution >= 4 is 62.0 Å². The van der Waals surface area contributed by atoms with Gasteiger partial charge in [0.2, 0.25) is 0 Å².